The summed E-state index contributed by atoms with van der Waals surface area (Å²) in [6.07, 6.45) is -8.95. The van der Waals surface area contributed by atoms with Crippen molar-refractivity contribution in [3.63, 3.8) is 0 Å². The lowest BCUT2D eigenvalue weighted by molar-refractivity contribution is -0.274. The summed E-state index contributed by atoms with van der Waals surface area (Å²) in [5.74, 6) is -2.43. The average molecular weight is 610 g/mol. The van der Waals surface area contributed by atoms with Gasteiger partial charge in [-0.3, -0.25) is 9.51 Å². The number of hydrogen-bond acceptors (Lipinski definition) is 7. The van der Waals surface area contributed by atoms with Crippen LogP contribution in [0, 0.1) is 0 Å². The van der Waals surface area contributed by atoms with Gasteiger partial charge in [-0.05, 0) is 47.3 Å². The first-order valence-corrected chi connectivity index (χ1v) is 13.2. The molecule has 218 valence electrons. The van der Waals surface area contributed by atoms with Crippen LogP contribution >= 0.6 is 0 Å². The zero-order valence-electron chi connectivity index (χ0n) is 20.8. The molecule has 3 aromatic carbocycles. The van der Waals surface area contributed by atoms with Crippen LogP contribution in [0.25, 0.3) is 22.2 Å². The third kappa shape index (κ3) is 5.93. The Labute approximate surface area is 232 Å². The Morgan fingerprint density at radius 3 is 2.17 bits per heavy atom. The Balaban J connectivity index is 1.64. The van der Waals surface area contributed by atoms with Gasteiger partial charge in [-0.15, -0.1) is 13.2 Å². The summed E-state index contributed by atoms with van der Waals surface area (Å²) in [5, 5.41) is 3.29. The molecule has 0 saturated heterocycles. The summed E-state index contributed by atoms with van der Waals surface area (Å²) in [6.45, 7) is -0.735. The van der Waals surface area contributed by atoms with E-state index in [9.17, 15) is 39.6 Å². The lowest BCUT2D eigenvalue weighted by Gasteiger charge is -2.27. The van der Waals surface area contributed by atoms with E-state index in [1.54, 1.807) is 0 Å². The highest BCUT2D eigenvalue weighted by atomic mass is 32.2. The van der Waals surface area contributed by atoms with E-state index in [0.717, 1.165) is 42.6 Å². The fourth-order valence-corrected chi connectivity index (χ4v) is 5.54. The molecule has 0 aliphatic heterocycles. The number of halogens is 6. The Hall–Kier alpha value is -4.86. The number of H-pyrrole nitrogens is 1. The van der Waals surface area contributed by atoms with Crippen molar-refractivity contribution in [1.82, 2.24) is 15.1 Å². The minimum atomic E-state index is -5.05. The lowest BCUT2D eigenvalue weighted by atomic mass is 10.1. The molecule has 0 atom stereocenters. The predicted octanol–water partition coefficient (Wildman–Crippen LogP) is 5.89. The summed E-state index contributed by atoms with van der Waals surface area (Å²) in [7, 11) is -4.79. The number of aromatic nitrogens is 3. The van der Waals surface area contributed by atoms with E-state index in [1.165, 1.54) is 36.4 Å². The lowest BCUT2D eigenvalue weighted by Crippen LogP contribution is -2.33. The molecule has 0 aliphatic rings. The second-order valence-corrected chi connectivity index (χ2v) is 10.6. The highest BCUT2D eigenvalue weighted by Crippen LogP contribution is 2.42. The highest BCUT2D eigenvalue weighted by Gasteiger charge is 2.41. The number of sulfonamides is 1. The van der Waals surface area contributed by atoms with Gasteiger partial charge in [-0.1, -0.05) is 41.6 Å². The minimum Gasteiger partial charge on any atom is -0.406 e. The summed E-state index contributed by atoms with van der Waals surface area (Å²) >= 11 is 0. The molecule has 0 amide bonds. The van der Waals surface area contributed by atoms with Crippen LogP contribution in [0.3, 0.4) is 0 Å². The van der Waals surface area contributed by atoms with Crippen LogP contribution in [-0.2, 0) is 22.7 Å². The number of alkyl halides is 6. The maximum absolute atomic E-state index is 14.5. The largest absolute Gasteiger partial charge is 0.573 e. The third-order valence-corrected chi connectivity index (χ3v) is 7.69. The van der Waals surface area contributed by atoms with Crippen molar-refractivity contribution in [2.75, 3.05) is 4.31 Å². The van der Waals surface area contributed by atoms with Crippen LogP contribution in [0.4, 0.5) is 32.2 Å². The van der Waals surface area contributed by atoms with Gasteiger partial charge in [0, 0.05) is 17.1 Å². The second kappa shape index (κ2) is 10.5. The first-order chi connectivity index (χ1) is 19.7. The van der Waals surface area contributed by atoms with E-state index in [4.69, 9.17) is 0 Å². The van der Waals surface area contributed by atoms with Crippen LogP contribution in [0.2, 0.25) is 0 Å². The molecular weight excluding hydrogens is 594 g/mol. The molecule has 0 unspecified atom stereocenters. The smallest absolute Gasteiger partial charge is 0.406 e. The van der Waals surface area contributed by atoms with E-state index in [-0.39, 0.29) is 27.7 Å². The summed E-state index contributed by atoms with van der Waals surface area (Å²) < 4.78 is 118. The predicted molar refractivity (Wildman–Crippen MR) is 136 cm³/mol. The van der Waals surface area contributed by atoms with Crippen molar-refractivity contribution in [2.45, 2.75) is 24.0 Å². The van der Waals surface area contributed by atoms with Gasteiger partial charge in [0.1, 0.15) is 11.3 Å². The van der Waals surface area contributed by atoms with Crippen LogP contribution in [0.15, 0.2) is 93.2 Å². The number of pyridine rings is 1. The van der Waals surface area contributed by atoms with Gasteiger partial charge >= 0.3 is 18.3 Å². The van der Waals surface area contributed by atoms with Crippen LogP contribution in [-0.4, -0.2) is 29.9 Å². The third-order valence-electron chi connectivity index (χ3n) is 5.94. The zero-order chi connectivity index (χ0) is 30.3. The Morgan fingerprint density at radius 1 is 0.905 bits per heavy atom. The number of aromatic amines is 1. The number of anilines is 1. The standard InChI is InChI=1S/C26H16F6N4O5S/c27-25(28,29)21-20-4-2-1-3-17(20)13-33-23(21)36(14-15-5-9-18(10-6-15)40-26(30,31)32)42(38,39)19-11-7-16(8-12-19)22-34-24(37)41-35-22/h1-13H,14H2,(H,34,35,37). The number of ether oxygens (including phenoxy) is 1. The molecule has 5 aromatic rings. The molecular formula is C26H16F6N4O5S. The van der Waals surface area contributed by atoms with E-state index in [1.807, 2.05) is 0 Å². The quantitative estimate of drug-likeness (QED) is 0.228. The maximum atomic E-state index is 14.5. The maximum Gasteiger partial charge on any atom is 0.573 e. The van der Waals surface area contributed by atoms with Crippen LogP contribution < -0.4 is 14.8 Å². The van der Waals surface area contributed by atoms with Crippen LogP contribution in [0.5, 0.6) is 5.75 Å². The number of nitrogens with one attached hydrogen (secondary N) is 1. The fourth-order valence-electron chi connectivity index (χ4n) is 4.12. The van der Waals surface area contributed by atoms with Crippen molar-refractivity contribution in [3.05, 3.63) is 101 Å². The molecule has 2 heterocycles. The monoisotopic (exact) mass is 610 g/mol. The zero-order valence-corrected chi connectivity index (χ0v) is 21.6. The van der Waals surface area contributed by atoms with Gasteiger partial charge in [0.25, 0.3) is 10.0 Å². The van der Waals surface area contributed by atoms with E-state index in [0.29, 0.717) is 4.31 Å². The Morgan fingerprint density at radius 2 is 1.57 bits per heavy atom. The van der Waals surface area contributed by atoms with Crippen molar-refractivity contribution in [1.29, 1.82) is 0 Å². The van der Waals surface area contributed by atoms with E-state index < -0.39 is 56.9 Å². The molecule has 2 aromatic heterocycles. The number of fused-ring (bicyclic) bond motifs is 1. The normalized spacial score (nSPS) is 12.4. The summed E-state index contributed by atoms with van der Waals surface area (Å²) in [5.41, 5.74) is -1.04. The number of hydrogen-bond donors (Lipinski definition) is 1. The first-order valence-electron chi connectivity index (χ1n) is 11.7. The molecule has 42 heavy (non-hydrogen) atoms. The first kappa shape index (κ1) is 28.7. The molecule has 0 fully saturated rings. The molecule has 0 spiro atoms. The fraction of sp³-hybridized carbons (Fsp3) is 0.115. The molecule has 5 rings (SSSR count). The van der Waals surface area contributed by atoms with Gasteiger partial charge in [0.2, 0.25) is 0 Å². The number of benzene rings is 3. The van der Waals surface area contributed by atoms with Crippen molar-refractivity contribution >= 4 is 26.6 Å². The van der Waals surface area contributed by atoms with Gasteiger partial charge in [0.05, 0.1) is 11.4 Å². The van der Waals surface area contributed by atoms with Gasteiger partial charge in [-0.25, -0.2) is 22.5 Å². The second-order valence-electron chi connectivity index (χ2n) is 8.71. The SMILES string of the molecule is O=c1[nH]c(-c2ccc(S(=O)(=O)N(Cc3ccc(OC(F)(F)F)cc3)c3ncc4ccccc4c3C(F)(F)F)cc2)no1. The van der Waals surface area contributed by atoms with E-state index in [2.05, 4.69) is 24.4 Å². The molecule has 0 radical (unpaired) electrons. The summed E-state index contributed by atoms with van der Waals surface area (Å²) in [6, 6.07) is 14.0. The summed E-state index contributed by atoms with van der Waals surface area (Å²) in [4.78, 5) is 17.0. The van der Waals surface area contributed by atoms with Crippen molar-refractivity contribution < 1.29 is 44.0 Å². The molecule has 1 N–H and O–H groups in total. The Kier molecular flexibility index (Phi) is 7.18. The highest BCUT2D eigenvalue weighted by molar-refractivity contribution is 7.92. The molecule has 0 saturated carbocycles. The molecule has 9 nitrogen and oxygen atoms in total. The number of rotatable bonds is 7. The van der Waals surface area contributed by atoms with Gasteiger partial charge < -0.3 is 4.74 Å². The molecule has 16 heteroatoms. The minimum absolute atomic E-state index is 0.0162. The van der Waals surface area contributed by atoms with Gasteiger partial charge in [-0.2, -0.15) is 13.2 Å². The number of nitrogens with zero attached hydrogens (tertiary/aromatic N) is 3. The van der Waals surface area contributed by atoms with Crippen molar-refractivity contribution in [3.8, 4) is 17.1 Å². The average Bonchev–Trinajstić information content (AvgIpc) is 3.37. The van der Waals surface area contributed by atoms with Crippen LogP contribution in [0.1, 0.15) is 11.1 Å². The molecule has 0 aliphatic carbocycles. The van der Waals surface area contributed by atoms with Gasteiger partial charge in [0.15, 0.2) is 11.6 Å². The van der Waals surface area contributed by atoms with E-state index >= 15 is 0 Å². The topological polar surface area (TPSA) is 118 Å². The Bertz CT molecular complexity index is 1900. The van der Waals surface area contributed by atoms with Crippen molar-refractivity contribution in [2.24, 2.45) is 0 Å². The molecule has 0 bridgehead atoms.